The highest BCUT2D eigenvalue weighted by Crippen LogP contribution is 2.19. The summed E-state index contributed by atoms with van der Waals surface area (Å²) < 4.78 is 12.1. The lowest BCUT2D eigenvalue weighted by molar-refractivity contribution is 0.0761. The molecule has 0 bridgehead atoms. The minimum absolute atomic E-state index is 0. The molecule has 1 amide bonds. The Morgan fingerprint density at radius 1 is 1.35 bits per heavy atom. The molecule has 23 heavy (non-hydrogen) atoms. The average molecular weight is 404 g/mol. The van der Waals surface area contributed by atoms with Gasteiger partial charge in [0.2, 0.25) is 0 Å². The molecule has 2 aromatic rings. The van der Waals surface area contributed by atoms with Gasteiger partial charge < -0.3 is 19.4 Å². The first-order valence-electron chi connectivity index (χ1n) is 6.97. The van der Waals surface area contributed by atoms with Crippen LogP contribution in [0.4, 0.5) is 0 Å². The van der Waals surface area contributed by atoms with Gasteiger partial charge in [0.05, 0.1) is 0 Å². The predicted molar refractivity (Wildman–Crippen MR) is 95.3 cm³/mol. The highest BCUT2D eigenvalue weighted by Gasteiger charge is 2.15. The number of hydrogen-bond donors (Lipinski definition) is 1. The summed E-state index contributed by atoms with van der Waals surface area (Å²) in [6.45, 7) is 1.64. The van der Waals surface area contributed by atoms with Gasteiger partial charge in [-0.2, -0.15) is 0 Å². The van der Waals surface area contributed by atoms with Crippen LogP contribution in [0.3, 0.4) is 0 Å². The fourth-order valence-corrected chi connectivity index (χ4v) is 2.23. The lowest BCUT2D eigenvalue weighted by Crippen LogP contribution is -2.32. The Balaban J connectivity index is 0.00000264. The highest BCUT2D eigenvalue weighted by molar-refractivity contribution is 9.10. The van der Waals surface area contributed by atoms with Crippen molar-refractivity contribution in [2.45, 2.75) is 6.61 Å². The smallest absolute Gasteiger partial charge is 0.289 e. The zero-order chi connectivity index (χ0) is 15.9. The first-order chi connectivity index (χ1) is 10.6. The van der Waals surface area contributed by atoms with Crippen molar-refractivity contribution in [3.8, 4) is 5.75 Å². The minimum Gasteiger partial charge on any atom is -0.486 e. The van der Waals surface area contributed by atoms with Gasteiger partial charge in [0.15, 0.2) is 5.76 Å². The number of amides is 1. The third-order valence-corrected chi connectivity index (χ3v) is 3.59. The average Bonchev–Trinajstić information content (AvgIpc) is 2.99. The van der Waals surface area contributed by atoms with E-state index in [1.54, 1.807) is 24.1 Å². The van der Waals surface area contributed by atoms with E-state index in [1.807, 2.05) is 31.3 Å². The maximum atomic E-state index is 12.1. The van der Waals surface area contributed by atoms with Gasteiger partial charge >= 0.3 is 0 Å². The molecular formula is C16H20BrClN2O3. The molecule has 1 heterocycles. The summed E-state index contributed by atoms with van der Waals surface area (Å²) in [5.74, 6) is 1.55. The third-order valence-electron chi connectivity index (χ3n) is 3.09. The molecule has 1 N–H and O–H groups in total. The quantitative estimate of drug-likeness (QED) is 0.770. The second kappa shape index (κ2) is 9.60. The van der Waals surface area contributed by atoms with E-state index in [0.717, 1.165) is 16.8 Å². The van der Waals surface area contributed by atoms with E-state index in [2.05, 4.69) is 21.2 Å². The molecule has 126 valence electrons. The van der Waals surface area contributed by atoms with Gasteiger partial charge in [-0.1, -0.05) is 22.0 Å². The Morgan fingerprint density at radius 2 is 2.13 bits per heavy atom. The van der Waals surface area contributed by atoms with Crippen LogP contribution in [0.5, 0.6) is 5.75 Å². The fourth-order valence-electron chi connectivity index (χ4n) is 1.85. The van der Waals surface area contributed by atoms with Crippen LogP contribution in [0.1, 0.15) is 16.3 Å². The minimum atomic E-state index is -0.135. The maximum Gasteiger partial charge on any atom is 0.289 e. The monoisotopic (exact) mass is 402 g/mol. The summed E-state index contributed by atoms with van der Waals surface area (Å²) in [6, 6.07) is 11.0. The van der Waals surface area contributed by atoms with Gasteiger partial charge in [0, 0.05) is 24.6 Å². The maximum absolute atomic E-state index is 12.1. The van der Waals surface area contributed by atoms with Crippen LogP contribution in [0.2, 0.25) is 0 Å². The van der Waals surface area contributed by atoms with Gasteiger partial charge in [-0.05, 0) is 37.4 Å². The van der Waals surface area contributed by atoms with Crippen LogP contribution in [-0.4, -0.2) is 38.0 Å². The molecule has 1 aromatic carbocycles. The lowest BCUT2D eigenvalue weighted by atomic mass is 10.3. The van der Waals surface area contributed by atoms with Gasteiger partial charge in [-0.15, -0.1) is 12.4 Å². The number of ether oxygens (including phenoxy) is 1. The van der Waals surface area contributed by atoms with Gasteiger partial charge in [-0.3, -0.25) is 4.79 Å². The molecule has 7 heteroatoms. The molecule has 0 unspecified atom stereocenters. The molecule has 1 aromatic heterocycles. The molecule has 0 saturated carbocycles. The number of carbonyl (C=O) groups excluding carboxylic acids is 1. The summed E-state index contributed by atoms with van der Waals surface area (Å²) in [4.78, 5) is 13.8. The molecule has 0 aliphatic carbocycles. The van der Waals surface area contributed by atoms with Crippen molar-refractivity contribution in [2.24, 2.45) is 0 Å². The molecule has 5 nitrogen and oxygen atoms in total. The molecule has 0 spiro atoms. The van der Waals surface area contributed by atoms with Crippen LogP contribution < -0.4 is 10.1 Å². The fraction of sp³-hybridized carbons (Fsp3) is 0.312. The summed E-state index contributed by atoms with van der Waals surface area (Å²) >= 11 is 3.39. The van der Waals surface area contributed by atoms with Crippen molar-refractivity contribution in [1.29, 1.82) is 0 Å². The summed E-state index contributed by atoms with van der Waals surface area (Å²) in [5.41, 5.74) is 0. The Labute approximate surface area is 150 Å². The Morgan fingerprint density at radius 3 is 2.83 bits per heavy atom. The third kappa shape index (κ3) is 5.89. The number of hydrogen-bond acceptors (Lipinski definition) is 4. The summed E-state index contributed by atoms with van der Waals surface area (Å²) in [5, 5.41) is 3.00. The number of benzene rings is 1. The zero-order valence-electron chi connectivity index (χ0n) is 13.0. The molecule has 0 atom stereocenters. The summed E-state index contributed by atoms with van der Waals surface area (Å²) in [7, 11) is 3.60. The van der Waals surface area contributed by atoms with E-state index in [0.29, 0.717) is 18.1 Å². The molecule has 0 saturated heterocycles. The van der Waals surface area contributed by atoms with E-state index in [-0.39, 0.29) is 24.9 Å². The number of nitrogens with one attached hydrogen (secondary N) is 1. The number of rotatable bonds is 7. The predicted octanol–water partition coefficient (Wildman–Crippen LogP) is 3.33. The second-order valence-corrected chi connectivity index (χ2v) is 5.76. The largest absolute Gasteiger partial charge is 0.486 e. The van der Waals surface area contributed by atoms with E-state index < -0.39 is 0 Å². The van der Waals surface area contributed by atoms with E-state index in [1.165, 1.54) is 0 Å². The van der Waals surface area contributed by atoms with Gasteiger partial charge in [-0.25, -0.2) is 0 Å². The van der Waals surface area contributed by atoms with Crippen molar-refractivity contribution >= 4 is 34.2 Å². The van der Waals surface area contributed by atoms with Crippen LogP contribution in [0.15, 0.2) is 45.3 Å². The lowest BCUT2D eigenvalue weighted by Gasteiger charge is -2.15. The van der Waals surface area contributed by atoms with Crippen molar-refractivity contribution in [2.75, 3.05) is 27.2 Å². The zero-order valence-corrected chi connectivity index (χ0v) is 15.4. The van der Waals surface area contributed by atoms with Crippen molar-refractivity contribution in [1.82, 2.24) is 10.2 Å². The highest BCUT2D eigenvalue weighted by atomic mass is 79.9. The standard InChI is InChI=1S/C16H19BrN2O3.ClH/c1-18-8-9-19(2)16(20)15-7-6-14(22-15)11-21-13-5-3-4-12(17)10-13;/h3-7,10,18H,8-9,11H2,1-2H3;1H. The van der Waals surface area contributed by atoms with Crippen molar-refractivity contribution in [3.05, 3.63) is 52.4 Å². The number of likely N-dealkylation sites (N-methyl/N-ethyl adjacent to an activating group) is 2. The summed E-state index contributed by atoms with van der Waals surface area (Å²) in [6.07, 6.45) is 0. The van der Waals surface area contributed by atoms with E-state index >= 15 is 0 Å². The van der Waals surface area contributed by atoms with Gasteiger partial charge in [0.1, 0.15) is 18.1 Å². The number of halogens is 2. The molecule has 0 aliphatic rings. The molecular weight excluding hydrogens is 384 g/mol. The van der Waals surface area contributed by atoms with E-state index in [4.69, 9.17) is 9.15 Å². The van der Waals surface area contributed by atoms with Crippen LogP contribution >= 0.6 is 28.3 Å². The molecule has 2 rings (SSSR count). The first kappa shape index (κ1) is 19.5. The normalized spacial score (nSPS) is 10.0. The Bertz CT molecular complexity index is 633. The number of furan rings is 1. The Hall–Kier alpha value is -1.50. The van der Waals surface area contributed by atoms with Crippen LogP contribution in [0, 0.1) is 0 Å². The first-order valence-corrected chi connectivity index (χ1v) is 7.76. The van der Waals surface area contributed by atoms with Crippen LogP contribution in [0.25, 0.3) is 0 Å². The number of carbonyl (C=O) groups is 1. The van der Waals surface area contributed by atoms with Crippen molar-refractivity contribution in [3.63, 3.8) is 0 Å². The van der Waals surface area contributed by atoms with Crippen LogP contribution in [-0.2, 0) is 6.61 Å². The topological polar surface area (TPSA) is 54.7 Å². The SMILES string of the molecule is CNCCN(C)C(=O)c1ccc(COc2cccc(Br)c2)o1.Cl. The second-order valence-electron chi connectivity index (χ2n) is 4.84. The molecule has 0 radical (unpaired) electrons. The van der Waals surface area contributed by atoms with Crippen molar-refractivity contribution < 1.29 is 13.9 Å². The Kier molecular flexibility index (Phi) is 8.16. The molecule has 0 aliphatic heterocycles. The number of nitrogens with zero attached hydrogens (tertiary/aromatic N) is 1. The molecule has 0 fully saturated rings. The van der Waals surface area contributed by atoms with Gasteiger partial charge in [0.25, 0.3) is 5.91 Å². The van der Waals surface area contributed by atoms with E-state index in [9.17, 15) is 4.79 Å².